The second kappa shape index (κ2) is 4.91. The van der Waals surface area contributed by atoms with E-state index in [1.54, 1.807) is 4.90 Å². The van der Waals surface area contributed by atoms with Crippen molar-refractivity contribution in [1.82, 2.24) is 10.2 Å². The van der Waals surface area contributed by atoms with Gasteiger partial charge in [0.1, 0.15) is 5.92 Å². The fraction of sp³-hybridized carbons (Fsp3) is 0.818. The number of carbonyl (C=O) groups is 2. The molecule has 0 aromatic carbocycles. The Morgan fingerprint density at radius 3 is 2.65 bits per heavy atom. The molecule has 2 amide bonds. The molecule has 1 aliphatic carbocycles. The van der Waals surface area contributed by atoms with Crippen LogP contribution in [0.25, 0.3) is 0 Å². The molecule has 1 saturated heterocycles. The highest BCUT2D eigenvalue weighted by Crippen LogP contribution is 2.22. The number of hydrogen-bond acceptors (Lipinski definition) is 3. The molecule has 2 N–H and O–H groups in total. The molecule has 2 unspecified atom stereocenters. The first kappa shape index (κ1) is 12.2. The smallest absolute Gasteiger partial charge is 0.317 e. The zero-order chi connectivity index (χ0) is 12.4. The van der Waals surface area contributed by atoms with Crippen molar-refractivity contribution in [2.45, 2.75) is 31.8 Å². The lowest BCUT2D eigenvalue weighted by atomic mass is 10.0. The molecule has 2 rings (SSSR count). The Kier molecular flexibility index (Phi) is 3.51. The minimum absolute atomic E-state index is 0.170. The van der Waals surface area contributed by atoms with Gasteiger partial charge in [-0.25, -0.2) is 4.79 Å². The van der Waals surface area contributed by atoms with E-state index < -0.39 is 11.9 Å². The predicted molar refractivity (Wildman–Crippen MR) is 59.7 cm³/mol. The van der Waals surface area contributed by atoms with E-state index in [0.29, 0.717) is 13.2 Å². The number of carboxylic acids is 1. The first-order chi connectivity index (χ1) is 8.13. The summed E-state index contributed by atoms with van der Waals surface area (Å²) in [5.74, 6) is -1.51. The van der Waals surface area contributed by atoms with E-state index in [1.165, 1.54) is 0 Å². The van der Waals surface area contributed by atoms with Crippen LogP contribution in [0.5, 0.6) is 0 Å². The van der Waals surface area contributed by atoms with E-state index in [1.807, 2.05) is 6.92 Å². The normalized spacial score (nSPS) is 27.8. The van der Waals surface area contributed by atoms with Gasteiger partial charge in [0.05, 0.1) is 19.3 Å². The van der Waals surface area contributed by atoms with Crippen molar-refractivity contribution in [1.29, 1.82) is 0 Å². The molecule has 0 radical (unpaired) electrons. The summed E-state index contributed by atoms with van der Waals surface area (Å²) in [5, 5.41) is 11.9. The van der Waals surface area contributed by atoms with Gasteiger partial charge in [-0.2, -0.15) is 0 Å². The van der Waals surface area contributed by atoms with Crippen LogP contribution in [0.15, 0.2) is 0 Å². The number of carboxylic acid groups (broad SMARTS) is 1. The lowest BCUT2D eigenvalue weighted by molar-refractivity contribution is -0.142. The Morgan fingerprint density at radius 1 is 1.41 bits per heavy atom. The standard InChI is InChI=1S/C11H18N2O4/c1-2-13(11(16)12-7-3-4-7)9-6-17-5-8(9)10(14)15/h7-9H,2-6H2,1H3,(H,12,16)(H,14,15). The van der Waals surface area contributed by atoms with Gasteiger partial charge in [0.25, 0.3) is 0 Å². The molecule has 2 fully saturated rings. The number of urea groups is 1. The number of rotatable bonds is 4. The highest BCUT2D eigenvalue weighted by atomic mass is 16.5. The summed E-state index contributed by atoms with van der Waals surface area (Å²) < 4.78 is 5.18. The first-order valence-electron chi connectivity index (χ1n) is 6.01. The summed E-state index contributed by atoms with van der Waals surface area (Å²) in [6.07, 6.45) is 2.04. The van der Waals surface area contributed by atoms with Gasteiger partial charge in [0, 0.05) is 12.6 Å². The molecule has 2 aliphatic rings. The van der Waals surface area contributed by atoms with Crippen molar-refractivity contribution in [2.24, 2.45) is 5.92 Å². The fourth-order valence-electron chi connectivity index (χ4n) is 2.10. The molecule has 6 nitrogen and oxygen atoms in total. The van der Waals surface area contributed by atoms with Gasteiger partial charge in [0.15, 0.2) is 0 Å². The molecular weight excluding hydrogens is 224 g/mol. The van der Waals surface area contributed by atoms with E-state index in [0.717, 1.165) is 12.8 Å². The Bertz CT molecular complexity index is 317. The summed E-state index contributed by atoms with van der Waals surface area (Å²) in [7, 11) is 0. The highest BCUT2D eigenvalue weighted by molar-refractivity contribution is 5.77. The van der Waals surface area contributed by atoms with Gasteiger partial charge in [-0.15, -0.1) is 0 Å². The Balaban J connectivity index is 2.00. The topological polar surface area (TPSA) is 78.9 Å². The van der Waals surface area contributed by atoms with E-state index in [2.05, 4.69) is 5.32 Å². The van der Waals surface area contributed by atoms with Crippen LogP contribution in [-0.4, -0.2) is 53.8 Å². The van der Waals surface area contributed by atoms with Gasteiger partial charge >= 0.3 is 12.0 Å². The maximum atomic E-state index is 11.9. The summed E-state index contributed by atoms with van der Waals surface area (Å²) in [6.45, 7) is 2.84. The van der Waals surface area contributed by atoms with E-state index in [-0.39, 0.29) is 24.7 Å². The highest BCUT2D eigenvalue weighted by Gasteiger charge is 2.40. The Labute approximate surface area is 99.9 Å². The van der Waals surface area contributed by atoms with Crippen molar-refractivity contribution < 1.29 is 19.4 Å². The molecular formula is C11H18N2O4. The summed E-state index contributed by atoms with van der Waals surface area (Å²) >= 11 is 0. The monoisotopic (exact) mass is 242 g/mol. The Hall–Kier alpha value is -1.30. The average molecular weight is 242 g/mol. The molecule has 0 bridgehead atoms. The number of likely N-dealkylation sites (N-methyl/N-ethyl adjacent to an activating group) is 1. The number of carbonyl (C=O) groups excluding carboxylic acids is 1. The number of nitrogens with one attached hydrogen (secondary N) is 1. The second-order valence-corrected chi connectivity index (χ2v) is 4.56. The summed E-state index contributed by atoms with van der Waals surface area (Å²) in [6, 6.07) is -0.241. The minimum atomic E-state index is -0.898. The molecule has 1 heterocycles. The van der Waals surface area contributed by atoms with Gasteiger partial charge in [-0.05, 0) is 19.8 Å². The van der Waals surface area contributed by atoms with Crippen molar-refractivity contribution in [2.75, 3.05) is 19.8 Å². The molecule has 17 heavy (non-hydrogen) atoms. The van der Waals surface area contributed by atoms with E-state index in [9.17, 15) is 9.59 Å². The average Bonchev–Trinajstić information content (AvgIpc) is 2.95. The predicted octanol–water partition coefficient (Wildman–Crippen LogP) is 0.280. The molecule has 1 aliphatic heterocycles. The lowest BCUT2D eigenvalue weighted by Crippen LogP contribution is -2.50. The Morgan fingerprint density at radius 2 is 2.12 bits per heavy atom. The number of amides is 2. The van der Waals surface area contributed by atoms with Crippen molar-refractivity contribution >= 4 is 12.0 Å². The van der Waals surface area contributed by atoms with Crippen LogP contribution in [0.2, 0.25) is 0 Å². The molecule has 6 heteroatoms. The maximum absolute atomic E-state index is 11.9. The third kappa shape index (κ3) is 2.69. The molecule has 0 aromatic rings. The maximum Gasteiger partial charge on any atom is 0.317 e. The van der Waals surface area contributed by atoms with Crippen LogP contribution in [0.4, 0.5) is 4.79 Å². The van der Waals surface area contributed by atoms with Crippen molar-refractivity contribution in [3.8, 4) is 0 Å². The van der Waals surface area contributed by atoms with Gasteiger partial charge in [-0.3, -0.25) is 4.79 Å². The molecule has 96 valence electrons. The van der Waals surface area contributed by atoms with Crippen molar-refractivity contribution in [3.05, 3.63) is 0 Å². The molecule has 2 atom stereocenters. The zero-order valence-corrected chi connectivity index (χ0v) is 9.89. The summed E-state index contributed by atoms with van der Waals surface area (Å²) in [4.78, 5) is 24.6. The quantitative estimate of drug-likeness (QED) is 0.742. The fourth-order valence-corrected chi connectivity index (χ4v) is 2.10. The largest absolute Gasteiger partial charge is 0.481 e. The number of hydrogen-bond donors (Lipinski definition) is 2. The summed E-state index contributed by atoms with van der Waals surface area (Å²) in [5.41, 5.74) is 0. The number of nitrogens with zero attached hydrogens (tertiary/aromatic N) is 1. The van der Waals surface area contributed by atoms with Crippen LogP contribution < -0.4 is 5.32 Å². The van der Waals surface area contributed by atoms with Crippen LogP contribution >= 0.6 is 0 Å². The molecule has 0 spiro atoms. The van der Waals surface area contributed by atoms with E-state index in [4.69, 9.17) is 9.84 Å². The van der Waals surface area contributed by atoms with Gasteiger partial charge in [-0.1, -0.05) is 0 Å². The first-order valence-corrected chi connectivity index (χ1v) is 6.01. The van der Waals surface area contributed by atoms with Gasteiger partial charge < -0.3 is 20.1 Å². The van der Waals surface area contributed by atoms with Crippen LogP contribution in [0.3, 0.4) is 0 Å². The third-order valence-electron chi connectivity index (χ3n) is 3.27. The van der Waals surface area contributed by atoms with Crippen LogP contribution in [0.1, 0.15) is 19.8 Å². The third-order valence-corrected chi connectivity index (χ3v) is 3.27. The van der Waals surface area contributed by atoms with Crippen molar-refractivity contribution in [3.63, 3.8) is 0 Å². The van der Waals surface area contributed by atoms with E-state index >= 15 is 0 Å². The SMILES string of the molecule is CCN(C(=O)NC1CC1)C1COCC1C(=O)O. The second-order valence-electron chi connectivity index (χ2n) is 4.56. The molecule has 1 saturated carbocycles. The number of ether oxygens (including phenoxy) is 1. The number of aliphatic carboxylic acids is 1. The van der Waals surface area contributed by atoms with Crippen LogP contribution in [0, 0.1) is 5.92 Å². The van der Waals surface area contributed by atoms with Gasteiger partial charge in [0.2, 0.25) is 0 Å². The molecule has 0 aromatic heterocycles. The lowest BCUT2D eigenvalue weighted by Gasteiger charge is -2.29. The minimum Gasteiger partial charge on any atom is -0.481 e. The van der Waals surface area contributed by atoms with Crippen LogP contribution in [-0.2, 0) is 9.53 Å². The zero-order valence-electron chi connectivity index (χ0n) is 9.89.